The normalized spacial score (nSPS) is 10.8. The molecule has 1 amide bonds. The van der Waals surface area contributed by atoms with Crippen molar-refractivity contribution in [1.82, 2.24) is 15.0 Å². The molecule has 2 aromatic rings. The molecular weight excluding hydrogens is 276 g/mol. The summed E-state index contributed by atoms with van der Waals surface area (Å²) in [6, 6.07) is 3.85. The Labute approximate surface area is 131 Å². The van der Waals surface area contributed by atoms with Crippen molar-refractivity contribution in [2.75, 3.05) is 0 Å². The molecule has 1 aromatic carbocycles. The van der Waals surface area contributed by atoms with Crippen LogP contribution >= 0.6 is 0 Å². The third-order valence-electron chi connectivity index (χ3n) is 3.94. The second-order valence-electron chi connectivity index (χ2n) is 5.48. The largest absolute Gasteiger partial charge is 0.366 e. The van der Waals surface area contributed by atoms with E-state index in [4.69, 9.17) is 5.73 Å². The lowest BCUT2D eigenvalue weighted by atomic mass is 9.95. The number of nitrogens with zero attached hydrogens (tertiary/aromatic N) is 3. The second kappa shape index (κ2) is 7.73. The number of rotatable bonds is 8. The fourth-order valence-corrected chi connectivity index (χ4v) is 2.83. The number of nitrogens with two attached hydrogens (primary N) is 1. The first-order valence-corrected chi connectivity index (χ1v) is 8.00. The minimum absolute atomic E-state index is 0.393. The quantitative estimate of drug-likeness (QED) is 0.761. The van der Waals surface area contributed by atoms with Crippen LogP contribution in [0.2, 0.25) is 0 Å². The number of hydrogen-bond acceptors (Lipinski definition) is 3. The van der Waals surface area contributed by atoms with E-state index < -0.39 is 5.91 Å². The Morgan fingerprint density at radius 1 is 1.23 bits per heavy atom. The van der Waals surface area contributed by atoms with Gasteiger partial charge in [-0.25, -0.2) is 4.68 Å². The predicted octanol–water partition coefficient (Wildman–Crippen LogP) is 3.05. The highest BCUT2D eigenvalue weighted by Gasteiger charge is 2.17. The van der Waals surface area contributed by atoms with Gasteiger partial charge in [0.15, 0.2) is 0 Å². The van der Waals surface area contributed by atoms with E-state index in [0.717, 1.165) is 30.5 Å². The molecule has 0 radical (unpaired) electrons. The summed E-state index contributed by atoms with van der Waals surface area (Å²) in [6.07, 6.45) is 9.99. The zero-order chi connectivity index (χ0) is 15.9. The molecule has 0 saturated heterocycles. The van der Waals surface area contributed by atoms with E-state index in [1.54, 1.807) is 10.9 Å². The van der Waals surface area contributed by atoms with Gasteiger partial charge in [0.25, 0.3) is 0 Å². The average Bonchev–Trinajstić information content (AvgIpc) is 3.04. The number of carbonyl (C=O) groups is 1. The maximum Gasteiger partial charge on any atom is 0.249 e. The highest BCUT2D eigenvalue weighted by Crippen LogP contribution is 2.25. The molecule has 22 heavy (non-hydrogen) atoms. The summed E-state index contributed by atoms with van der Waals surface area (Å²) in [5.74, 6) is -0.393. The van der Waals surface area contributed by atoms with E-state index in [-0.39, 0.29) is 0 Å². The molecule has 0 atom stereocenters. The summed E-state index contributed by atoms with van der Waals surface area (Å²) in [5.41, 5.74) is 9.21. The molecule has 5 heteroatoms. The summed E-state index contributed by atoms with van der Waals surface area (Å²) in [5, 5.41) is 8.01. The van der Waals surface area contributed by atoms with Crippen molar-refractivity contribution in [2.45, 2.75) is 52.4 Å². The van der Waals surface area contributed by atoms with Gasteiger partial charge in [-0.3, -0.25) is 4.79 Å². The van der Waals surface area contributed by atoms with Gasteiger partial charge in [0, 0.05) is 5.56 Å². The van der Waals surface area contributed by atoms with Crippen LogP contribution in [-0.2, 0) is 12.8 Å². The van der Waals surface area contributed by atoms with Gasteiger partial charge in [0.1, 0.15) is 0 Å². The first kappa shape index (κ1) is 16.2. The molecule has 0 spiro atoms. The number of benzene rings is 1. The number of unbranched alkanes of at least 4 members (excludes halogenated alkanes) is 3. The zero-order valence-corrected chi connectivity index (χ0v) is 13.4. The molecule has 0 fully saturated rings. The zero-order valence-electron chi connectivity index (χ0n) is 13.4. The summed E-state index contributed by atoms with van der Waals surface area (Å²) < 4.78 is 1.75. The van der Waals surface area contributed by atoms with Gasteiger partial charge in [-0.15, -0.1) is 5.10 Å². The van der Waals surface area contributed by atoms with E-state index in [2.05, 4.69) is 17.2 Å². The predicted molar refractivity (Wildman–Crippen MR) is 87.1 cm³/mol. The molecule has 2 rings (SSSR count). The van der Waals surface area contributed by atoms with Crippen molar-refractivity contribution in [2.24, 2.45) is 5.73 Å². The first-order valence-electron chi connectivity index (χ1n) is 8.00. The molecule has 1 aromatic heterocycles. The summed E-state index contributed by atoms with van der Waals surface area (Å²) in [7, 11) is 0. The summed E-state index contributed by atoms with van der Waals surface area (Å²) >= 11 is 0. The van der Waals surface area contributed by atoms with Crippen LogP contribution in [0.5, 0.6) is 0 Å². The molecule has 0 unspecified atom stereocenters. The highest BCUT2D eigenvalue weighted by atomic mass is 16.1. The Morgan fingerprint density at radius 3 is 2.64 bits per heavy atom. The highest BCUT2D eigenvalue weighted by molar-refractivity contribution is 5.95. The smallest absolute Gasteiger partial charge is 0.249 e. The number of aromatic nitrogens is 3. The molecule has 118 valence electrons. The fourth-order valence-electron chi connectivity index (χ4n) is 2.83. The first-order chi connectivity index (χ1) is 10.7. The molecule has 0 aliphatic carbocycles. The molecule has 0 aliphatic rings. The van der Waals surface area contributed by atoms with Crippen LogP contribution in [-0.4, -0.2) is 20.9 Å². The lowest BCUT2D eigenvalue weighted by Gasteiger charge is -2.16. The number of hydrogen-bond donors (Lipinski definition) is 1. The average molecular weight is 300 g/mol. The molecule has 0 saturated carbocycles. The molecule has 0 bridgehead atoms. The van der Waals surface area contributed by atoms with Crippen molar-refractivity contribution in [3.05, 3.63) is 41.2 Å². The lowest BCUT2D eigenvalue weighted by Crippen LogP contribution is -2.17. The molecular formula is C17H24N4O. The van der Waals surface area contributed by atoms with Gasteiger partial charge in [0.05, 0.1) is 18.1 Å². The van der Waals surface area contributed by atoms with Gasteiger partial charge in [-0.1, -0.05) is 44.4 Å². The summed E-state index contributed by atoms with van der Waals surface area (Å²) in [4.78, 5) is 11.7. The molecule has 5 nitrogen and oxygen atoms in total. The van der Waals surface area contributed by atoms with Crippen molar-refractivity contribution in [3.8, 4) is 5.69 Å². The minimum Gasteiger partial charge on any atom is -0.366 e. The van der Waals surface area contributed by atoms with Crippen molar-refractivity contribution in [1.29, 1.82) is 0 Å². The monoisotopic (exact) mass is 300 g/mol. The van der Waals surface area contributed by atoms with Crippen LogP contribution in [0.25, 0.3) is 5.69 Å². The lowest BCUT2D eigenvalue weighted by molar-refractivity contribution is 0.0999. The SMILES string of the molecule is CCCCCCc1ccc(C(N)=O)c(CC)c1-n1ccnn1. The maximum absolute atomic E-state index is 11.7. The van der Waals surface area contributed by atoms with Gasteiger partial charge < -0.3 is 5.73 Å². The van der Waals surface area contributed by atoms with E-state index >= 15 is 0 Å². The van der Waals surface area contributed by atoms with Crippen molar-refractivity contribution in [3.63, 3.8) is 0 Å². The molecule has 0 aliphatic heterocycles. The standard InChI is InChI=1S/C17H24N4O/c1-3-5-6-7-8-13-9-10-15(17(18)22)14(4-2)16(13)21-12-11-19-20-21/h9-12H,3-8H2,1-2H3,(H2,18,22). The van der Waals surface area contributed by atoms with Gasteiger partial charge in [-0.2, -0.15) is 0 Å². The van der Waals surface area contributed by atoms with Crippen LogP contribution < -0.4 is 5.73 Å². The van der Waals surface area contributed by atoms with Gasteiger partial charge >= 0.3 is 0 Å². The van der Waals surface area contributed by atoms with E-state index in [9.17, 15) is 4.79 Å². The molecule has 1 heterocycles. The van der Waals surface area contributed by atoms with E-state index in [1.165, 1.54) is 24.8 Å². The third kappa shape index (κ3) is 3.53. The van der Waals surface area contributed by atoms with Crippen molar-refractivity contribution >= 4 is 5.91 Å². The number of primary amides is 1. The van der Waals surface area contributed by atoms with Crippen LogP contribution in [0.3, 0.4) is 0 Å². The Balaban J connectivity index is 2.42. The maximum atomic E-state index is 11.7. The number of amides is 1. The van der Waals surface area contributed by atoms with Crippen LogP contribution in [0.4, 0.5) is 0 Å². The number of aryl methyl sites for hydroxylation is 1. The van der Waals surface area contributed by atoms with Crippen LogP contribution in [0.15, 0.2) is 24.5 Å². The van der Waals surface area contributed by atoms with Gasteiger partial charge in [-0.05, 0) is 36.5 Å². The fraction of sp³-hybridized carbons (Fsp3) is 0.471. The van der Waals surface area contributed by atoms with Gasteiger partial charge in [0.2, 0.25) is 5.91 Å². The van der Waals surface area contributed by atoms with Crippen LogP contribution in [0, 0.1) is 0 Å². The van der Waals surface area contributed by atoms with E-state index in [1.807, 2.05) is 25.3 Å². The molecule has 2 N–H and O–H groups in total. The third-order valence-corrected chi connectivity index (χ3v) is 3.94. The second-order valence-corrected chi connectivity index (χ2v) is 5.48. The minimum atomic E-state index is -0.393. The topological polar surface area (TPSA) is 73.8 Å². The van der Waals surface area contributed by atoms with E-state index in [0.29, 0.717) is 5.56 Å². The number of carbonyl (C=O) groups excluding carboxylic acids is 1. The Kier molecular flexibility index (Phi) is 5.69. The Hall–Kier alpha value is -2.17. The Bertz CT molecular complexity index is 620. The van der Waals surface area contributed by atoms with Crippen molar-refractivity contribution < 1.29 is 4.79 Å². The van der Waals surface area contributed by atoms with Crippen LogP contribution in [0.1, 0.15) is 61.0 Å². The Morgan fingerprint density at radius 2 is 2.05 bits per heavy atom. The summed E-state index contributed by atoms with van der Waals surface area (Å²) in [6.45, 7) is 4.24.